The largest absolute Gasteiger partial charge is 0.339 e. The fourth-order valence-electron chi connectivity index (χ4n) is 3.37. The lowest BCUT2D eigenvalue weighted by atomic mass is 9.93. The van der Waals surface area contributed by atoms with E-state index >= 15 is 0 Å². The third-order valence-corrected chi connectivity index (χ3v) is 6.10. The number of hydrogen-bond donors (Lipinski definition) is 1. The molecule has 1 aromatic rings. The molecule has 1 aromatic heterocycles. The van der Waals surface area contributed by atoms with Crippen LogP contribution in [0.2, 0.25) is 0 Å². The Hall–Kier alpha value is -0.550. The molecule has 0 atom stereocenters. The lowest BCUT2D eigenvalue weighted by Gasteiger charge is -2.21. The van der Waals surface area contributed by atoms with Crippen molar-refractivity contribution in [2.45, 2.75) is 68.8 Å². The van der Waals surface area contributed by atoms with Gasteiger partial charge in [0, 0.05) is 11.7 Å². The van der Waals surface area contributed by atoms with E-state index in [1.54, 1.807) is 0 Å². The topological polar surface area (TPSA) is 51.0 Å². The number of hydrogen-bond acceptors (Lipinski definition) is 5. The number of nitrogens with zero attached hydrogens (tertiary/aromatic N) is 2. The van der Waals surface area contributed by atoms with Crippen LogP contribution in [0.25, 0.3) is 0 Å². The molecule has 3 rings (SSSR count). The summed E-state index contributed by atoms with van der Waals surface area (Å²) in [5, 5.41) is 8.37. The average Bonchev–Trinajstić information content (AvgIpc) is 3.01. The van der Waals surface area contributed by atoms with Gasteiger partial charge in [-0.15, -0.1) is 0 Å². The van der Waals surface area contributed by atoms with Crippen LogP contribution >= 0.6 is 11.8 Å². The summed E-state index contributed by atoms with van der Waals surface area (Å²) in [5.41, 5.74) is 0. The summed E-state index contributed by atoms with van der Waals surface area (Å²) in [5.74, 6) is 3.48. The van der Waals surface area contributed by atoms with Gasteiger partial charge < -0.3 is 9.84 Å². The van der Waals surface area contributed by atoms with Crippen LogP contribution in [0.4, 0.5) is 0 Å². The van der Waals surface area contributed by atoms with Crippen molar-refractivity contribution >= 4 is 11.8 Å². The van der Waals surface area contributed by atoms with E-state index in [0.717, 1.165) is 48.1 Å². The molecule has 118 valence electrons. The maximum Gasteiger partial charge on any atom is 0.226 e. The Labute approximate surface area is 131 Å². The standard InChI is InChI=1S/C16H27N3OS/c1-2-4-14(5-3-1)21-12-15-18-16(20-19-15)7-6-13-8-10-17-11-9-13/h13-14,17H,1-12H2. The van der Waals surface area contributed by atoms with Crippen LogP contribution in [0.1, 0.15) is 63.1 Å². The van der Waals surface area contributed by atoms with E-state index < -0.39 is 0 Å². The Morgan fingerprint density at radius 3 is 2.71 bits per heavy atom. The van der Waals surface area contributed by atoms with Crippen molar-refractivity contribution in [2.24, 2.45) is 5.92 Å². The van der Waals surface area contributed by atoms with Crippen molar-refractivity contribution < 1.29 is 4.52 Å². The maximum atomic E-state index is 5.41. The van der Waals surface area contributed by atoms with Crippen molar-refractivity contribution in [3.05, 3.63) is 11.7 Å². The minimum absolute atomic E-state index is 0.815. The van der Waals surface area contributed by atoms with Gasteiger partial charge in [-0.25, -0.2) is 0 Å². The lowest BCUT2D eigenvalue weighted by Crippen LogP contribution is -2.27. The molecule has 0 amide bonds. The summed E-state index contributed by atoms with van der Waals surface area (Å²) >= 11 is 2.02. The normalized spacial score (nSPS) is 21.7. The monoisotopic (exact) mass is 309 g/mol. The minimum Gasteiger partial charge on any atom is -0.339 e. The highest BCUT2D eigenvalue weighted by Gasteiger charge is 2.17. The summed E-state index contributed by atoms with van der Waals surface area (Å²) in [6.07, 6.45) is 11.7. The number of aryl methyl sites for hydroxylation is 1. The number of rotatable bonds is 6. The molecular weight excluding hydrogens is 282 g/mol. The number of aromatic nitrogens is 2. The van der Waals surface area contributed by atoms with E-state index in [-0.39, 0.29) is 0 Å². The molecule has 5 heteroatoms. The van der Waals surface area contributed by atoms with E-state index in [1.807, 2.05) is 11.8 Å². The first-order chi connectivity index (χ1) is 10.4. The summed E-state index contributed by atoms with van der Waals surface area (Å²) in [6.45, 7) is 2.33. The SMILES string of the molecule is C1CCC(SCc2noc(CCC3CCNCC3)n2)CC1. The number of piperidine rings is 1. The fourth-order valence-corrected chi connectivity index (χ4v) is 4.54. The molecule has 0 spiro atoms. The van der Waals surface area contributed by atoms with Gasteiger partial charge in [-0.05, 0) is 51.1 Å². The maximum absolute atomic E-state index is 5.41. The van der Waals surface area contributed by atoms with Gasteiger partial charge in [-0.2, -0.15) is 16.7 Å². The minimum atomic E-state index is 0.815. The molecule has 0 unspecified atom stereocenters. The zero-order chi connectivity index (χ0) is 14.3. The van der Waals surface area contributed by atoms with Crippen LogP contribution in [0.5, 0.6) is 0 Å². The molecule has 1 aliphatic heterocycles. The summed E-state index contributed by atoms with van der Waals surface area (Å²) in [4.78, 5) is 4.56. The molecule has 2 aliphatic rings. The quantitative estimate of drug-likeness (QED) is 0.870. The van der Waals surface area contributed by atoms with Gasteiger partial charge in [-0.3, -0.25) is 0 Å². The Morgan fingerprint density at radius 1 is 1.10 bits per heavy atom. The Morgan fingerprint density at radius 2 is 1.90 bits per heavy atom. The van der Waals surface area contributed by atoms with Gasteiger partial charge in [-0.1, -0.05) is 24.4 Å². The second kappa shape index (κ2) is 8.18. The van der Waals surface area contributed by atoms with Gasteiger partial charge in [0.15, 0.2) is 5.82 Å². The Bertz CT molecular complexity index is 375. The first-order valence-electron chi connectivity index (χ1n) is 8.54. The van der Waals surface area contributed by atoms with E-state index in [9.17, 15) is 0 Å². The fraction of sp³-hybridized carbons (Fsp3) is 0.875. The molecule has 1 N–H and O–H groups in total. The van der Waals surface area contributed by atoms with Crippen LogP contribution in [0.3, 0.4) is 0 Å². The van der Waals surface area contributed by atoms with Crippen LogP contribution in [0, 0.1) is 5.92 Å². The lowest BCUT2D eigenvalue weighted by molar-refractivity contribution is 0.323. The highest BCUT2D eigenvalue weighted by Crippen LogP contribution is 2.30. The number of thioether (sulfide) groups is 1. The molecule has 1 saturated heterocycles. The van der Waals surface area contributed by atoms with Gasteiger partial charge in [0.1, 0.15) is 0 Å². The molecule has 4 nitrogen and oxygen atoms in total. The predicted molar refractivity (Wildman–Crippen MR) is 86.4 cm³/mol. The van der Waals surface area contributed by atoms with Gasteiger partial charge in [0.2, 0.25) is 5.89 Å². The summed E-state index contributed by atoms with van der Waals surface area (Å²) in [6, 6.07) is 0. The van der Waals surface area contributed by atoms with Crippen LogP contribution in [-0.4, -0.2) is 28.5 Å². The average molecular weight is 309 g/mol. The molecular formula is C16H27N3OS. The molecule has 1 saturated carbocycles. The summed E-state index contributed by atoms with van der Waals surface area (Å²) in [7, 11) is 0. The van der Waals surface area contributed by atoms with Crippen molar-refractivity contribution in [1.82, 2.24) is 15.5 Å². The smallest absolute Gasteiger partial charge is 0.226 e. The van der Waals surface area contributed by atoms with E-state index in [1.165, 1.54) is 51.4 Å². The van der Waals surface area contributed by atoms with Crippen LogP contribution in [0.15, 0.2) is 4.52 Å². The summed E-state index contributed by atoms with van der Waals surface area (Å²) < 4.78 is 5.41. The Balaban J connectivity index is 1.38. The molecule has 1 aliphatic carbocycles. The van der Waals surface area contributed by atoms with Gasteiger partial charge >= 0.3 is 0 Å². The van der Waals surface area contributed by atoms with E-state index in [4.69, 9.17) is 4.52 Å². The van der Waals surface area contributed by atoms with E-state index in [2.05, 4.69) is 15.5 Å². The highest BCUT2D eigenvalue weighted by molar-refractivity contribution is 7.99. The zero-order valence-electron chi connectivity index (χ0n) is 12.9. The molecule has 0 aromatic carbocycles. The third kappa shape index (κ3) is 4.99. The molecule has 0 bridgehead atoms. The highest BCUT2D eigenvalue weighted by atomic mass is 32.2. The van der Waals surface area contributed by atoms with Crippen molar-refractivity contribution in [3.8, 4) is 0 Å². The third-order valence-electron chi connectivity index (χ3n) is 4.74. The first kappa shape index (κ1) is 15.3. The van der Waals surface area contributed by atoms with Crippen molar-refractivity contribution in [2.75, 3.05) is 13.1 Å². The van der Waals surface area contributed by atoms with E-state index in [0.29, 0.717) is 0 Å². The van der Waals surface area contributed by atoms with Crippen molar-refractivity contribution in [1.29, 1.82) is 0 Å². The predicted octanol–water partition coefficient (Wildman–Crippen LogP) is 3.57. The second-order valence-corrected chi connectivity index (χ2v) is 7.70. The second-order valence-electron chi connectivity index (χ2n) is 6.41. The zero-order valence-corrected chi connectivity index (χ0v) is 13.7. The van der Waals surface area contributed by atoms with Crippen LogP contribution < -0.4 is 5.32 Å². The molecule has 2 fully saturated rings. The molecule has 2 heterocycles. The van der Waals surface area contributed by atoms with Gasteiger partial charge in [0.05, 0.1) is 5.75 Å². The Kier molecular flexibility index (Phi) is 5.98. The molecule has 21 heavy (non-hydrogen) atoms. The number of nitrogens with one attached hydrogen (secondary N) is 1. The van der Waals surface area contributed by atoms with Gasteiger partial charge in [0.25, 0.3) is 0 Å². The van der Waals surface area contributed by atoms with Crippen molar-refractivity contribution in [3.63, 3.8) is 0 Å². The molecule has 0 radical (unpaired) electrons. The van der Waals surface area contributed by atoms with Crippen LogP contribution in [-0.2, 0) is 12.2 Å². The first-order valence-corrected chi connectivity index (χ1v) is 9.59.